The van der Waals surface area contributed by atoms with Gasteiger partial charge in [-0.1, -0.05) is 0 Å². The molecule has 5 heteroatoms. The van der Waals surface area contributed by atoms with Gasteiger partial charge in [0.05, 0.1) is 12.6 Å². The van der Waals surface area contributed by atoms with Gasteiger partial charge in [-0.3, -0.25) is 9.63 Å². The van der Waals surface area contributed by atoms with Crippen LogP contribution >= 0.6 is 17.0 Å². The zero-order valence-electron chi connectivity index (χ0n) is 6.45. The Bertz CT molecular complexity index is 123. The van der Waals surface area contributed by atoms with Gasteiger partial charge in [-0.15, -0.1) is 17.0 Å². The van der Waals surface area contributed by atoms with Crippen molar-refractivity contribution in [2.24, 2.45) is 0 Å². The molecule has 1 rings (SSSR count). The molecule has 1 amide bonds. The van der Waals surface area contributed by atoms with Gasteiger partial charge in [-0.25, -0.2) is 5.48 Å². The Labute approximate surface area is 76.6 Å². The fourth-order valence-corrected chi connectivity index (χ4v) is 0.899. The summed E-state index contributed by atoms with van der Waals surface area (Å²) in [4.78, 5) is 17.1. The number of hydroxylamine groups is 1. The third-order valence-electron chi connectivity index (χ3n) is 1.60. The topological polar surface area (TPSA) is 41.6 Å². The average molecular weight is 225 g/mol. The molecule has 1 atom stereocenters. The van der Waals surface area contributed by atoms with Gasteiger partial charge in [-0.2, -0.15) is 0 Å². The van der Waals surface area contributed by atoms with E-state index in [4.69, 9.17) is 4.84 Å². The maximum Gasteiger partial charge on any atom is 0.210 e. The van der Waals surface area contributed by atoms with Crippen LogP contribution in [-0.4, -0.2) is 37.0 Å². The van der Waals surface area contributed by atoms with Crippen molar-refractivity contribution in [2.75, 3.05) is 19.7 Å². The van der Waals surface area contributed by atoms with Gasteiger partial charge in [-0.05, 0) is 6.92 Å². The predicted octanol–water partition coefficient (Wildman–Crippen LogP) is -0.0540. The summed E-state index contributed by atoms with van der Waals surface area (Å²) in [5.74, 6) is 0. The highest BCUT2D eigenvalue weighted by molar-refractivity contribution is 8.93. The van der Waals surface area contributed by atoms with E-state index >= 15 is 0 Å². The Hall–Kier alpha value is -0.130. The van der Waals surface area contributed by atoms with Crippen LogP contribution < -0.4 is 5.48 Å². The summed E-state index contributed by atoms with van der Waals surface area (Å²) < 4.78 is 0. The Balaban J connectivity index is 0.000001000. The van der Waals surface area contributed by atoms with E-state index in [2.05, 4.69) is 5.48 Å². The van der Waals surface area contributed by atoms with E-state index in [0.717, 1.165) is 13.0 Å². The lowest BCUT2D eigenvalue weighted by molar-refractivity contribution is -0.120. The number of hydrogen-bond donors (Lipinski definition) is 1. The zero-order valence-corrected chi connectivity index (χ0v) is 8.16. The third-order valence-corrected chi connectivity index (χ3v) is 1.60. The minimum Gasteiger partial charge on any atom is -0.339 e. The second-order valence-electron chi connectivity index (χ2n) is 2.40. The smallest absolute Gasteiger partial charge is 0.210 e. The summed E-state index contributed by atoms with van der Waals surface area (Å²) in [5, 5.41) is 0. The van der Waals surface area contributed by atoms with Gasteiger partial charge in [0.1, 0.15) is 0 Å². The molecule has 1 heterocycles. The summed E-state index contributed by atoms with van der Waals surface area (Å²) in [7, 11) is 0. The standard InChI is InChI=1S/C6H12N2O2.BrH/c1-6-4-10-7-2-3-8(6)5-9;/h5-7H,2-4H2,1H3;1H/t6-;/m1./s1. The zero-order chi connectivity index (χ0) is 7.40. The van der Waals surface area contributed by atoms with Crippen LogP contribution in [0.25, 0.3) is 0 Å². The lowest BCUT2D eigenvalue weighted by Crippen LogP contribution is -2.34. The van der Waals surface area contributed by atoms with Crippen LogP contribution in [0.3, 0.4) is 0 Å². The number of rotatable bonds is 1. The first-order valence-corrected chi connectivity index (χ1v) is 3.40. The van der Waals surface area contributed by atoms with E-state index in [1.165, 1.54) is 0 Å². The van der Waals surface area contributed by atoms with Crippen molar-refractivity contribution in [1.29, 1.82) is 0 Å². The fourth-order valence-electron chi connectivity index (χ4n) is 0.899. The molecule has 1 aliphatic rings. The van der Waals surface area contributed by atoms with Crippen LogP contribution in [0.2, 0.25) is 0 Å². The molecular weight excluding hydrogens is 212 g/mol. The number of carbonyl (C=O) groups is 1. The Morgan fingerprint density at radius 1 is 1.73 bits per heavy atom. The van der Waals surface area contributed by atoms with E-state index in [1.54, 1.807) is 4.90 Å². The lowest BCUT2D eigenvalue weighted by Gasteiger charge is -2.19. The van der Waals surface area contributed by atoms with Crippen LogP contribution in [0.1, 0.15) is 6.92 Å². The molecular formula is C6H13BrN2O2. The highest BCUT2D eigenvalue weighted by Gasteiger charge is 2.13. The van der Waals surface area contributed by atoms with Gasteiger partial charge < -0.3 is 4.90 Å². The van der Waals surface area contributed by atoms with E-state index in [-0.39, 0.29) is 23.0 Å². The Morgan fingerprint density at radius 2 is 2.45 bits per heavy atom. The molecule has 1 fully saturated rings. The molecule has 0 aromatic carbocycles. The summed E-state index contributed by atoms with van der Waals surface area (Å²) in [6, 6.07) is 0.188. The SMILES string of the molecule is Br.C[C@@H]1CONCCN1C=O. The molecule has 0 unspecified atom stereocenters. The molecule has 0 radical (unpaired) electrons. The molecule has 4 nitrogen and oxygen atoms in total. The predicted molar refractivity (Wildman–Crippen MR) is 46.5 cm³/mol. The van der Waals surface area contributed by atoms with Crippen molar-refractivity contribution >= 4 is 23.4 Å². The summed E-state index contributed by atoms with van der Waals surface area (Å²) in [6.45, 7) is 3.97. The molecule has 1 aliphatic heterocycles. The minimum atomic E-state index is 0. The van der Waals surface area contributed by atoms with Crippen molar-refractivity contribution in [3.8, 4) is 0 Å². The Kier molecular flexibility index (Phi) is 5.45. The van der Waals surface area contributed by atoms with Crippen molar-refractivity contribution in [3.63, 3.8) is 0 Å². The number of nitrogens with one attached hydrogen (secondary N) is 1. The van der Waals surface area contributed by atoms with Crippen molar-refractivity contribution in [3.05, 3.63) is 0 Å². The number of halogens is 1. The van der Waals surface area contributed by atoms with Crippen LogP contribution in [0.15, 0.2) is 0 Å². The molecule has 1 saturated heterocycles. The van der Waals surface area contributed by atoms with Crippen molar-refractivity contribution in [2.45, 2.75) is 13.0 Å². The minimum absolute atomic E-state index is 0. The van der Waals surface area contributed by atoms with E-state index in [0.29, 0.717) is 13.2 Å². The molecule has 0 aromatic rings. The van der Waals surface area contributed by atoms with Gasteiger partial charge in [0, 0.05) is 13.1 Å². The summed E-state index contributed by atoms with van der Waals surface area (Å²) >= 11 is 0. The number of carbonyl (C=O) groups excluding carboxylic acids is 1. The van der Waals surface area contributed by atoms with Crippen LogP contribution in [0.5, 0.6) is 0 Å². The third kappa shape index (κ3) is 3.18. The van der Waals surface area contributed by atoms with Crippen molar-refractivity contribution in [1.82, 2.24) is 10.4 Å². The largest absolute Gasteiger partial charge is 0.339 e. The molecule has 0 bridgehead atoms. The molecule has 66 valence electrons. The maximum atomic E-state index is 10.4. The number of nitrogens with zero attached hydrogens (tertiary/aromatic N) is 1. The van der Waals surface area contributed by atoms with Gasteiger partial charge >= 0.3 is 0 Å². The fraction of sp³-hybridized carbons (Fsp3) is 0.833. The molecule has 11 heavy (non-hydrogen) atoms. The molecule has 0 aromatic heterocycles. The first-order chi connectivity index (χ1) is 4.84. The van der Waals surface area contributed by atoms with Crippen molar-refractivity contribution < 1.29 is 9.63 Å². The second-order valence-corrected chi connectivity index (χ2v) is 2.40. The van der Waals surface area contributed by atoms with E-state index in [9.17, 15) is 4.79 Å². The van der Waals surface area contributed by atoms with Crippen LogP contribution in [0, 0.1) is 0 Å². The van der Waals surface area contributed by atoms with E-state index < -0.39 is 0 Å². The molecule has 0 saturated carbocycles. The molecule has 0 aliphatic carbocycles. The van der Waals surface area contributed by atoms with Crippen LogP contribution in [0.4, 0.5) is 0 Å². The van der Waals surface area contributed by atoms with E-state index in [1.807, 2.05) is 6.92 Å². The maximum absolute atomic E-state index is 10.4. The molecule has 1 N–H and O–H groups in total. The summed E-state index contributed by atoms with van der Waals surface area (Å²) in [5.41, 5.74) is 2.74. The monoisotopic (exact) mass is 224 g/mol. The van der Waals surface area contributed by atoms with Gasteiger partial charge in [0.25, 0.3) is 0 Å². The quantitative estimate of drug-likeness (QED) is 0.636. The van der Waals surface area contributed by atoms with Gasteiger partial charge in [0.15, 0.2) is 0 Å². The highest BCUT2D eigenvalue weighted by atomic mass is 79.9. The number of amides is 1. The first kappa shape index (κ1) is 10.9. The Morgan fingerprint density at radius 3 is 3.09 bits per heavy atom. The lowest BCUT2D eigenvalue weighted by atomic mass is 10.3. The van der Waals surface area contributed by atoms with Gasteiger partial charge in [0.2, 0.25) is 6.41 Å². The summed E-state index contributed by atoms with van der Waals surface area (Å²) in [6.07, 6.45) is 0.862. The second kappa shape index (κ2) is 5.51. The normalized spacial score (nSPS) is 25.2. The average Bonchev–Trinajstić information content (AvgIpc) is 2.13. The van der Waals surface area contributed by atoms with Crippen LogP contribution in [-0.2, 0) is 9.63 Å². The molecule has 0 spiro atoms. The highest BCUT2D eigenvalue weighted by Crippen LogP contribution is 1.97. The first-order valence-electron chi connectivity index (χ1n) is 3.40. The number of hydrogen-bond acceptors (Lipinski definition) is 3.